The van der Waals surface area contributed by atoms with Gasteiger partial charge in [0.05, 0.1) is 16.3 Å². The molecule has 4 rings (SSSR count). The third-order valence-electron chi connectivity index (χ3n) is 5.92. The second kappa shape index (κ2) is 8.90. The van der Waals surface area contributed by atoms with Crippen LogP contribution in [0, 0.1) is 11.6 Å². The van der Waals surface area contributed by atoms with Crippen molar-refractivity contribution in [2.75, 3.05) is 13.1 Å². The Bertz CT molecular complexity index is 917. The molecule has 0 amide bonds. The van der Waals surface area contributed by atoms with Gasteiger partial charge in [-0.3, -0.25) is 9.88 Å². The first-order valence-corrected chi connectivity index (χ1v) is 10.7. The zero-order valence-electron chi connectivity index (χ0n) is 16.7. The zero-order valence-corrected chi connectivity index (χ0v) is 17.4. The quantitative estimate of drug-likeness (QED) is 0.487. The Kier molecular flexibility index (Phi) is 6.40. The maximum atomic E-state index is 14.5. The first kappa shape index (κ1) is 22.3. The number of hydrogen-bond donors (Lipinski definition) is 0. The van der Waals surface area contributed by atoms with Gasteiger partial charge in [0, 0.05) is 25.8 Å². The van der Waals surface area contributed by atoms with Gasteiger partial charge in [0.2, 0.25) is 0 Å². The molecule has 2 fully saturated rings. The second-order valence-electron chi connectivity index (χ2n) is 8.23. The van der Waals surface area contributed by atoms with Crippen LogP contribution < -0.4 is 4.74 Å². The molecule has 1 aromatic heterocycles. The lowest BCUT2D eigenvalue weighted by atomic mass is 9.84. The minimum Gasteiger partial charge on any atom is -0.482 e. The summed E-state index contributed by atoms with van der Waals surface area (Å²) in [7, 11) is 0. The third kappa shape index (κ3) is 5.12. The van der Waals surface area contributed by atoms with Crippen LogP contribution in [-0.4, -0.2) is 29.1 Å². The first-order valence-electron chi connectivity index (χ1n) is 10.3. The van der Waals surface area contributed by atoms with Gasteiger partial charge in [-0.15, -0.1) is 0 Å². The van der Waals surface area contributed by atoms with E-state index in [1.165, 1.54) is 12.1 Å². The molecule has 3 nitrogen and oxygen atoms in total. The Morgan fingerprint density at radius 1 is 1.03 bits per heavy atom. The van der Waals surface area contributed by atoms with Gasteiger partial charge in [0.15, 0.2) is 17.4 Å². The SMILES string of the molecule is Fc1cc(C2CCCCC2)cc(F)c1OC1CN(Cc2ncc(C(F)(F)F)cc2Cl)C1. The number of nitrogens with zero attached hydrogens (tertiary/aromatic N) is 2. The van der Waals surface area contributed by atoms with E-state index >= 15 is 0 Å². The number of benzene rings is 1. The summed E-state index contributed by atoms with van der Waals surface area (Å²) in [6.07, 6.45) is 1.00. The Labute approximate surface area is 182 Å². The van der Waals surface area contributed by atoms with E-state index in [2.05, 4.69) is 4.98 Å². The molecule has 1 aliphatic carbocycles. The van der Waals surface area contributed by atoms with E-state index in [4.69, 9.17) is 16.3 Å². The Morgan fingerprint density at radius 2 is 1.68 bits per heavy atom. The van der Waals surface area contributed by atoms with E-state index in [1.807, 2.05) is 4.90 Å². The van der Waals surface area contributed by atoms with E-state index in [0.717, 1.165) is 44.4 Å². The fourth-order valence-electron chi connectivity index (χ4n) is 4.21. The molecule has 1 aliphatic heterocycles. The summed E-state index contributed by atoms with van der Waals surface area (Å²) in [5.74, 6) is -1.60. The average molecular weight is 461 g/mol. The van der Waals surface area contributed by atoms with Gasteiger partial charge in [-0.25, -0.2) is 8.78 Å². The van der Waals surface area contributed by atoms with Gasteiger partial charge < -0.3 is 4.74 Å². The molecule has 1 aromatic carbocycles. The van der Waals surface area contributed by atoms with Crippen molar-refractivity contribution >= 4 is 11.6 Å². The molecule has 31 heavy (non-hydrogen) atoms. The fraction of sp³-hybridized carbons (Fsp3) is 0.500. The molecule has 168 valence electrons. The average Bonchev–Trinajstić information content (AvgIpc) is 2.69. The summed E-state index contributed by atoms with van der Waals surface area (Å²) in [5.41, 5.74) is 0.0799. The minimum absolute atomic E-state index is 0.0745. The van der Waals surface area contributed by atoms with Crippen molar-refractivity contribution in [3.8, 4) is 5.75 Å². The molecule has 0 atom stereocenters. The second-order valence-corrected chi connectivity index (χ2v) is 8.64. The number of alkyl halides is 3. The van der Waals surface area contributed by atoms with Gasteiger partial charge >= 0.3 is 6.18 Å². The summed E-state index contributed by atoms with van der Waals surface area (Å²) in [4.78, 5) is 5.64. The number of rotatable bonds is 5. The van der Waals surface area contributed by atoms with Crippen molar-refractivity contribution in [1.29, 1.82) is 0 Å². The molecule has 0 N–H and O–H groups in total. The molecular weight excluding hydrogens is 439 g/mol. The molecule has 0 spiro atoms. The summed E-state index contributed by atoms with van der Waals surface area (Å²) in [5, 5.41) is -0.0745. The van der Waals surface area contributed by atoms with Crippen molar-refractivity contribution in [2.24, 2.45) is 0 Å². The lowest BCUT2D eigenvalue weighted by molar-refractivity contribution is -0.137. The number of halogens is 6. The van der Waals surface area contributed by atoms with E-state index in [1.54, 1.807) is 0 Å². The Morgan fingerprint density at radius 3 is 2.26 bits per heavy atom. The highest BCUT2D eigenvalue weighted by atomic mass is 35.5. The van der Waals surface area contributed by atoms with Crippen LogP contribution in [0.25, 0.3) is 0 Å². The first-order chi connectivity index (χ1) is 14.7. The fourth-order valence-corrected chi connectivity index (χ4v) is 4.43. The molecular formula is C22H22ClF5N2O. The van der Waals surface area contributed by atoms with Crippen molar-refractivity contribution in [3.05, 3.63) is 57.9 Å². The molecule has 1 saturated heterocycles. The smallest absolute Gasteiger partial charge is 0.417 e. The topological polar surface area (TPSA) is 25.4 Å². The summed E-state index contributed by atoms with van der Waals surface area (Å²) < 4.78 is 72.7. The highest BCUT2D eigenvalue weighted by Crippen LogP contribution is 2.36. The van der Waals surface area contributed by atoms with Crippen LogP contribution >= 0.6 is 11.6 Å². The minimum atomic E-state index is -4.51. The van der Waals surface area contributed by atoms with Crippen molar-refractivity contribution in [1.82, 2.24) is 9.88 Å². The van der Waals surface area contributed by atoms with Gasteiger partial charge in [-0.1, -0.05) is 30.9 Å². The largest absolute Gasteiger partial charge is 0.482 e. The Balaban J connectivity index is 1.34. The van der Waals surface area contributed by atoms with E-state index < -0.39 is 29.5 Å². The highest BCUT2D eigenvalue weighted by Gasteiger charge is 2.34. The molecule has 9 heteroatoms. The number of pyridine rings is 1. The van der Waals surface area contributed by atoms with Crippen LogP contribution in [0.3, 0.4) is 0 Å². The maximum Gasteiger partial charge on any atom is 0.417 e. The van der Waals surface area contributed by atoms with Crippen LogP contribution in [0.4, 0.5) is 22.0 Å². The predicted molar refractivity (Wildman–Crippen MR) is 106 cm³/mol. The normalized spacial score (nSPS) is 18.8. The van der Waals surface area contributed by atoms with Crippen LogP contribution in [0.5, 0.6) is 5.75 Å². The summed E-state index contributed by atoms with van der Waals surface area (Å²) >= 11 is 5.93. The van der Waals surface area contributed by atoms with Gasteiger partial charge in [0.1, 0.15) is 6.10 Å². The molecule has 0 radical (unpaired) electrons. The van der Waals surface area contributed by atoms with Crippen LogP contribution in [0.15, 0.2) is 24.4 Å². The number of aromatic nitrogens is 1. The lowest BCUT2D eigenvalue weighted by Gasteiger charge is -2.39. The highest BCUT2D eigenvalue weighted by molar-refractivity contribution is 6.31. The van der Waals surface area contributed by atoms with Gasteiger partial charge in [-0.2, -0.15) is 13.2 Å². The zero-order chi connectivity index (χ0) is 22.2. The van der Waals surface area contributed by atoms with Crippen LogP contribution in [0.2, 0.25) is 5.02 Å². The van der Waals surface area contributed by atoms with Crippen molar-refractivity contribution in [2.45, 2.75) is 56.8 Å². The molecule has 1 saturated carbocycles. The molecule has 0 unspecified atom stereocenters. The van der Waals surface area contributed by atoms with Gasteiger partial charge in [-0.05, 0) is 42.5 Å². The van der Waals surface area contributed by atoms with E-state index in [9.17, 15) is 22.0 Å². The molecule has 2 aromatic rings. The van der Waals surface area contributed by atoms with E-state index in [-0.39, 0.29) is 23.2 Å². The van der Waals surface area contributed by atoms with Crippen molar-refractivity contribution in [3.63, 3.8) is 0 Å². The van der Waals surface area contributed by atoms with Crippen LogP contribution in [-0.2, 0) is 12.7 Å². The maximum absolute atomic E-state index is 14.5. The number of hydrogen-bond acceptors (Lipinski definition) is 3. The number of ether oxygens (including phenoxy) is 1. The standard InChI is InChI=1S/C22H22ClF5N2O/c23-17-8-15(22(26,27)28)9-29-20(17)12-30-10-16(11-30)31-21-18(24)6-14(7-19(21)25)13-4-2-1-3-5-13/h6-9,13,16H,1-5,10-12H2. The van der Waals surface area contributed by atoms with Crippen molar-refractivity contribution < 1.29 is 26.7 Å². The van der Waals surface area contributed by atoms with Gasteiger partial charge in [0.25, 0.3) is 0 Å². The third-order valence-corrected chi connectivity index (χ3v) is 6.25. The molecule has 0 bridgehead atoms. The summed E-state index contributed by atoms with van der Waals surface area (Å²) in [6, 6.07) is 3.59. The number of likely N-dealkylation sites (tertiary alicyclic amines) is 1. The predicted octanol–water partition coefficient (Wildman–Crippen LogP) is 6.34. The monoisotopic (exact) mass is 460 g/mol. The molecule has 2 heterocycles. The van der Waals surface area contributed by atoms with E-state index in [0.29, 0.717) is 24.3 Å². The lowest BCUT2D eigenvalue weighted by Crippen LogP contribution is -2.53. The van der Waals surface area contributed by atoms with Crippen LogP contribution in [0.1, 0.15) is 54.8 Å². The summed E-state index contributed by atoms with van der Waals surface area (Å²) in [6.45, 7) is 0.951. The molecule has 2 aliphatic rings. The Hall–Kier alpha value is -1.93.